The minimum atomic E-state index is -0.173. The topological polar surface area (TPSA) is 86.9 Å². The Balaban J connectivity index is 0.00000288. The van der Waals surface area contributed by atoms with Gasteiger partial charge in [-0.3, -0.25) is 9.59 Å². The molecule has 1 heterocycles. The van der Waals surface area contributed by atoms with Gasteiger partial charge in [0.15, 0.2) is 0 Å². The van der Waals surface area contributed by atoms with Crippen LogP contribution in [0.3, 0.4) is 0 Å². The predicted octanol–water partition coefficient (Wildman–Crippen LogP) is 2.36. The van der Waals surface area contributed by atoms with Gasteiger partial charge < -0.3 is 15.6 Å². The summed E-state index contributed by atoms with van der Waals surface area (Å²) in [6.07, 6.45) is 1.94. The van der Waals surface area contributed by atoms with E-state index in [1.165, 1.54) is 6.07 Å². The highest BCUT2D eigenvalue weighted by molar-refractivity contribution is 5.91. The molecule has 0 aliphatic heterocycles. The van der Waals surface area contributed by atoms with Crippen LogP contribution in [0.25, 0.3) is 11.4 Å². The van der Waals surface area contributed by atoms with Gasteiger partial charge >= 0.3 is 0 Å². The van der Waals surface area contributed by atoms with Crippen LogP contribution in [0.15, 0.2) is 35.1 Å². The van der Waals surface area contributed by atoms with Crippen molar-refractivity contribution in [2.75, 3.05) is 18.9 Å². The Labute approximate surface area is 147 Å². The average Bonchev–Trinajstić information content (AvgIpc) is 2.54. The first-order valence-electron chi connectivity index (χ1n) is 7.77. The third-order valence-electron chi connectivity index (χ3n) is 3.41. The van der Waals surface area contributed by atoms with E-state index in [9.17, 15) is 9.59 Å². The predicted molar refractivity (Wildman–Crippen MR) is 98.7 cm³/mol. The molecular weight excluding hydrogens is 328 g/mol. The Morgan fingerprint density at radius 1 is 1.29 bits per heavy atom. The van der Waals surface area contributed by atoms with Crippen LogP contribution in [0.5, 0.6) is 0 Å². The van der Waals surface area contributed by atoms with E-state index in [1.54, 1.807) is 0 Å². The van der Waals surface area contributed by atoms with Crippen molar-refractivity contribution in [2.45, 2.75) is 26.2 Å². The summed E-state index contributed by atoms with van der Waals surface area (Å²) in [5.41, 5.74) is 2.03. The fraction of sp³-hybridized carbons (Fsp3) is 0.353. The number of aromatic amines is 1. The van der Waals surface area contributed by atoms with Gasteiger partial charge in [-0.1, -0.05) is 19.1 Å². The van der Waals surface area contributed by atoms with Crippen molar-refractivity contribution in [2.24, 2.45) is 0 Å². The molecule has 0 aliphatic rings. The van der Waals surface area contributed by atoms with E-state index in [-0.39, 0.29) is 23.9 Å². The van der Waals surface area contributed by atoms with Gasteiger partial charge in [-0.05, 0) is 38.6 Å². The van der Waals surface area contributed by atoms with Gasteiger partial charge in [-0.25, -0.2) is 4.98 Å². The average molecular weight is 351 g/mol. The Hall–Kier alpha value is -2.18. The number of hydrogen-bond donors (Lipinski definition) is 3. The molecule has 6 nitrogen and oxygen atoms in total. The zero-order valence-corrected chi connectivity index (χ0v) is 14.7. The zero-order valence-electron chi connectivity index (χ0n) is 13.9. The molecule has 0 spiro atoms. The minimum absolute atomic E-state index is 0. The zero-order chi connectivity index (χ0) is 16.7. The van der Waals surface area contributed by atoms with Crippen molar-refractivity contribution in [3.05, 3.63) is 46.4 Å². The van der Waals surface area contributed by atoms with E-state index in [2.05, 4.69) is 20.6 Å². The Kier molecular flexibility index (Phi) is 8.15. The number of carbonyl (C=O) groups excluding carboxylic acids is 1. The van der Waals surface area contributed by atoms with Crippen molar-refractivity contribution < 1.29 is 4.79 Å². The Bertz CT molecular complexity index is 731. The van der Waals surface area contributed by atoms with Crippen LogP contribution < -0.4 is 16.2 Å². The first-order valence-corrected chi connectivity index (χ1v) is 7.77. The van der Waals surface area contributed by atoms with Crippen LogP contribution in [0, 0.1) is 0 Å². The molecule has 1 aromatic heterocycles. The van der Waals surface area contributed by atoms with E-state index in [1.807, 2.05) is 38.2 Å². The number of H-pyrrole nitrogens is 1. The highest BCUT2D eigenvalue weighted by Gasteiger charge is 2.06. The lowest BCUT2D eigenvalue weighted by molar-refractivity contribution is -0.116. The van der Waals surface area contributed by atoms with E-state index in [4.69, 9.17) is 0 Å². The van der Waals surface area contributed by atoms with Crippen molar-refractivity contribution in [1.82, 2.24) is 15.3 Å². The van der Waals surface area contributed by atoms with Crippen molar-refractivity contribution >= 4 is 24.0 Å². The fourth-order valence-corrected chi connectivity index (χ4v) is 2.22. The summed E-state index contributed by atoms with van der Waals surface area (Å²) < 4.78 is 0. The molecule has 1 aromatic carbocycles. The molecule has 1 amide bonds. The van der Waals surface area contributed by atoms with Gasteiger partial charge in [-0.2, -0.15) is 0 Å². The second-order valence-electron chi connectivity index (χ2n) is 5.27. The molecule has 3 N–H and O–H groups in total. The SMILES string of the molecule is CCc1cc(=O)[nH]c(-c2cccc(NC(=O)CCCNC)c2)n1.Cl. The normalized spacial score (nSPS) is 10.1. The molecular formula is C17H23ClN4O2. The number of aromatic nitrogens is 2. The molecule has 0 saturated carbocycles. The lowest BCUT2D eigenvalue weighted by Crippen LogP contribution is -2.15. The standard InChI is InChI=1S/C17H22N4O2.ClH/c1-3-13-11-16(23)21-17(20-13)12-6-4-7-14(10-12)19-15(22)8-5-9-18-2;/h4,6-7,10-11,18H,3,5,8-9H2,1-2H3,(H,19,22)(H,20,21,23);1H. The molecule has 0 aliphatic carbocycles. The number of anilines is 1. The minimum Gasteiger partial charge on any atom is -0.326 e. The van der Waals surface area contributed by atoms with E-state index < -0.39 is 0 Å². The summed E-state index contributed by atoms with van der Waals surface area (Å²) in [5, 5.41) is 5.88. The van der Waals surface area contributed by atoms with E-state index in [0.717, 1.165) is 24.2 Å². The molecule has 0 saturated heterocycles. The van der Waals surface area contributed by atoms with Crippen LogP contribution >= 0.6 is 12.4 Å². The van der Waals surface area contributed by atoms with Gasteiger partial charge in [0.05, 0.1) is 0 Å². The van der Waals surface area contributed by atoms with Crippen molar-refractivity contribution in [3.63, 3.8) is 0 Å². The largest absolute Gasteiger partial charge is 0.326 e. The van der Waals surface area contributed by atoms with Gasteiger partial charge in [0, 0.05) is 29.4 Å². The van der Waals surface area contributed by atoms with Crippen LogP contribution in [-0.2, 0) is 11.2 Å². The maximum atomic E-state index is 11.9. The summed E-state index contributed by atoms with van der Waals surface area (Å²) in [4.78, 5) is 30.7. The highest BCUT2D eigenvalue weighted by Crippen LogP contribution is 2.19. The van der Waals surface area contributed by atoms with Gasteiger partial charge in [0.1, 0.15) is 5.82 Å². The molecule has 2 aromatic rings. The van der Waals surface area contributed by atoms with Crippen LogP contribution in [0.4, 0.5) is 5.69 Å². The third kappa shape index (κ3) is 5.79. The van der Waals surface area contributed by atoms with Crippen LogP contribution in [-0.4, -0.2) is 29.5 Å². The van der Waals surface area contributed by atoms with E-state index in [0.29, 0.717) is 24.4 Å². The van der Waals surface area contributed by atoms with Gasteiger partial charge in [-0.15, -0.1) is 12.4 Å². The third-order valence-corrected chi connectivity index (χ3v) is 3.41. The number of benzene rings is 1. The first kappa shape index (κ1) is 19.9. The molecule has 0 bridgehead atoms. The first-order chi connectivity index (χ1) is 11.1. The summed E-state index contributed by atoms with van der Waals surface area (Å²) in [7, 11) is 1.86. The Morgan fingerprint density at radius 3 is 2.79 bits per heavy atom. The molecule has 130 valence electrons. The second-order valence-corrected chi connectivity index (χ2v) is 5.27. The van der Waals surface area contributed by atoms with E-state index >= 15 is 0 Å². The molecule has 0 atom stereocenters. The summed E-state index contributed by atoms with van der Waals surface area (Å²) in [5.74, 6) is 0.488. The van der Waals surface area contributed by atoms with Crippen molar-refractivity contribution in [3.8, 4) is 11.4 Å². The van der Waals surface area contributed by atoms with Crippen LogP contribution in [0.1, 0.15) is 25.5 Å². The van der Waals surface area contributed by atoms with Gasteiger partial charge in [0.25, 0.3) is 5.56 Å². The summed E-state index contributed by atoms with van der Waals surface area (Å²) >= 11 is 0. The number of halogens is 1. The molecule has 2 rings (SSSR count). The maximum Gasteiger partial charge on any atom is 0.251 e. The molecule has 0 fully saturated rings. The summed E-state index contributed by atoms with van der Waals surface area (Å²) in [6, 6.07) is 8.82. The fourth-order valence-electron chi connectivity index (χ4n) is 2.22. The number of amides is 1. The molecule has 0 unspecified atom stereocenters. The summed E-state index contributed by atoms with van der Waals surface area (Å²) in [6.45, 7) is 2.76. The lowest BCUT2D eigenvalue weighted by atomic mass is 10.1. The maximum absolute atomic E-state index is 11.9. The van der Waals surface area contributed by atoms with Crippen LogP contribution in [0.2, 0.25) is 0 Å². The number of carbonyl (C=O) groups is 1. The number of aryl methyl sites for hydroxylation is 1. The number of nitrogens with zero attached hydrogens (tertiary/aromatic N) is 1. The van der Waals surface area contributed by atoms with Gasteiger partial charge in [0.2, 0.25) is 5.91 Å². The lowest BCUT2D eigenvalue weighted by Gasteiger charge is -2.08. The smallest absolute Gasteiger partial charge is 0.251 e. The number of nitrogens with one attached hydrogen (secondary N) is 3. The number of rotatable bonds is 7. The number of hydrogen-bond acceptors (Lipinski definition) is 4. The highest BCUT2D eigenvalue weighted by atomic mass is 35.5. The molecule has 7 heteroatoms. The second kappa shape index (κ2) is 9.85. The molecule has 24 heavy (non-hydrogen) atoms. The Morgan fingerprint density at radius 2 is 2.08 bits per heavy atom. The quantitative estimate of drug-likeness (QED) is 0.669. The van der Waals surface area contributed by atoms with Crippen molar-refractivity contribution in [1.29, 1.82) is 0 Å². The monoisotopic (exact) mass is 350 g/mol. The molecule has 0 radical (unpaired) electrons.